The summed E-state index contributed by atoms with van der Waals surface area (Å²) in [5.74, 6) is -0.881. The standard InChI is InChI=1S/C26H31FN2O4.C25H29FN2O4/c1-18-6-7-24(20(16-18)26(30)31)33-15-12-28-10-8-19(9-11-28)21-17-29(13-14-32-2)23-5-3-4-22(27)25(21)23;1-31-15-14-28-17-20(24-21(26)6-4-7-22(24)28)18-9-11-27(12-10-18)13-16-32-23-8-3-2-5-19(23)25(29)30/h3-7,16-17,19H,8-15H2,1-2H3,(H,30,31);2-8,17-18H,9-16H2,1H3,(H,29,30). The number of hydrogen-bond donors (Lipinski definition) is 2. The van der Waals surface area contributed by atoms with Gasteiger partial charge in [-0.15, -0.1) is 0 Å². The smallest absolute Gasteiger partial charge is 0.339 e. The van der Waals surface area contributed by atoms with Crippen molar-refractivity contribution in [1.29, 1.82) is 0 Å². The number of likely N-dealkylation sites (tertiary alicyclic amines) is 2. The number of carboxylic acid groups (broad SMARTS) is 2. The molecule has 346 valence electrons. The van der Waals surface area contributed by atoms with Crippen molar-refractivity contribution in [3.05, 3.63) is 131 Å². The van der Waals surface area contributed by atoms with Crippen molar-refractivity contribution in [2.45, 2.75) is 57.5 Å². The Labute approximate surface area is 378 Å². The molecule has 0 radical (unpaired) electrons. The maximum Gasteiger partial charge on any atom is 0.339 e. The number of ether oxygens (including phenoxy) is 4. The molecule has 0 spiro atoms. The Bertz CT molecular complexity index is 2540. The van der Waals surface area contributed by atoms with Gasteiger partial charge in [-0.2, -0.15) is 0 Å². The van der Waals surface area contributed by atoms with E-state index in [2.05, 4.69) is 31.3 Å². The molecule has 4 heterocycles. The van der Waals surface area contributed by atoms with Gasteiger partial charge in [-0.3, -0.25) is 9.80 Å². The molecule has 0 amide bonds. The van der Waals surface area contributed by atoms with E-state index in [-0.39, 0.29) is 22.8 Å². The topological polar surface area (TPSA) is 128 Å². The average Bonchev–Trinajstić information content (AvgIpc) is 3.89. The SMILES string of the molecule is COCCn1cc(C2CCN(CCOc3ccc(C)cc3C(=O)O)CC2)c2c(F)cccc21.COCCn1cc(C2CCN(CCOc3ccccc3C(=O)O)CC2)c2c(F)cccc21. The summed E-state index contributed by atoms with van der Waals surface area (Å²) in [6.45, 7) is 10.3. The number of benzene rings is 4. The van der Waals surface area contributed by atoms with Crippen molar-refractivity contribution < 1.29 is 47.5 Å². The van der Waals surface area contributed by atoms with E-state index in [1.54, 1.807) is 62.8 Å². The zero-order valence-corrected chi connectivity index (χ0v) is 37.5. The molecule has 12 nitrogen and oxygen atoms in total. The lowest BCUT2D eigenvalue weighted by Crippen LogP contribution is -2.36. The highest BCUT2D eigenvalue weighted by Gasteiger charge is 2.27. The third-order valence-electron chi connectivity index (χ3n) is 12.7. The molecule has 2 aliphatic heterocycles. The molecule has 6 aromatic rings. The third kappa shape index (κ3) is 11.5. The molecule has 14 heteroatoms. The van der Waals surface area contributed by atoms with Crippen LogP contribution in [-0.2, 0) is 22.6 Å². The Morgan fingerprint density at radius 2 is 1.05 bits per heavy atom. The van der Waals surface area contributed by atoms with Crippen LogP contribution in [0.3, 0.4) is 0 Å². The number of piperidine rings is 2. The van der Waals surface area contributed by atoms with Gasteiger partial charge in [-0.05, 0) is 130 Å². The van der Waals surface area contributed by atoms with Crippen molar-refractivity contribution in [2.75, 3.05) is 79.9 Å². The van der Waals surface area contributed by atoms with Crippen molar-refractivity contribution in [1.82, 2.24) is 18.9 Å². The average molecular weight is 895 g/mol. The first-order chi connectivity index (χ1) is 31.6. The number of methoxy groups -OCH3 is 2. The highest BCUT2D eigenvalue weighted by Crippen LogP contribution is 2.37. The van der Waals surface area contributed by atoms with Crippen LogP contribution in [0.5, 0.6) is 11.5 Å². The van der Waals surface area contributed by atoms with Gasteiger partial charge in [0.25, 0.3) is 0 Å². The molecule has 4 aromatic carbocycles. The number of halogens is 2. The number of aryl methyl sites for hydroxylation is 1. The van der Waals surface area contributed by atoms with E-state index in [9.17, 15) is 28.6 Å². The molecule has 0 aliphatic carbocycles. The molecule has 0 unspecified atom stereocenters. The van der Waals surface area contributed by atoms with Gasteiger partial charge in [0.05, 0.1) is 24.2 Å². The Hall–Kier alpha value is -5.80. The van der Waals surface area contributed by atoms with Gasteiger partial charge in [-0.25, -0.2) is 18.4 Å². The lowest BCUT2D eigenvalue weighted by molar-refractivity contribution is 0.0680. The largest absolute Gasteiger partial charge is 0.491 e. The number of rotatable bonds is 18. The number of para-hydroxylation sites is 1. The molecule has 0 bridgehead atoms. The maximum absolute atomic E-state index is 14.7. The zero-order valence-electron chi connectivity index (χ0n) is 37.5. The zero-order chi connectivity index (χ0) is 45.9. The number of aromatic nitrogens is 2. The molecule has 2 N–H and O–H groups in total. The van der Waals surface area contributed by atoms with E-state index in [1.807, 2.05) is 25.1 Å². The molecular weight excluding hydrogens is 835 g/mol. The van der Waals surface area contributed by atoms with Crippen molar-refractivity contribution >= 4 is 33.7 Å². The van der Waals surface area contributed by atoms with E-state index < -0.39 is 11.9 Å². The van der Waals surface area contributed by atoms with Gasteiger partial charge >= 0.3 is 11.9 Å². The Morgan fingerprint density at radius 1 is 0.585 bits per heavy atom. The van der Waals surface area contributed by atoms with Gasteiger partial charge in [0.1, 0.15) is 47.5 Å². The minimum absolute atomic E-state index is 0.165. The van der Waals surface area contributed by atoms with Crippen LogP contribution < -0.4 is 9.47 Å². The Kier molecular flexibility index (Phi) is 16.3. The second-order valence-electron chi connectivity index (χ2n) is 16.8. The van der Waals surface area contributed by atoms with Crippen molar-refractivity contribution in [2.24, 2.45) is 0 Å². The second-order valence-corrected chi connectivity index (χ2v) is 16.8. The normalized spacial score (nSPS) is 15.3. The van der Waals surface area contributed by atoms with Crippen molar-refractivity contribution in [3.8, 4) is 11.5 Å². The molecule has 65 heavy (non-hydrogen) atoms. The molecule has 2 aliphatic rings. The number of aromatic carboxylic acids is 2. The fourth-order valence-corrected chi connectivity index (χ4v) is 9.26. The molecule has 0 atom stereocenters. The van der Waals surface area contributed by atoms with Crippen LogP contribution in [0.4, 0.5) is 8.78 Å². The van der Waals surface area contributed by atoms with Gasteiger partial charge in [0.15, 0.2) is 0 Å². The quantitative estimate of drug-likeness (QED) is 0.0863. The number of carbonyl (C=O) groups is 2. The van der Waals surface area contributed by atoms with E-state index >= 15 is 0 Å². The summed E-state index contributed by atoms with van der Waals surface area (Å²) in [6.07, 6.45) is 7.98. The highest BCUT2D eigenvalue weighted by molar-refractivity contribution is 5.91. The molecule has 8 rings (SSSR count). The van der Waals surface area contributed by atoms with Crippen LogP contribution in [0.15, 0.2) is 91.3 Å². The summed E-state index contributed by atoms with van der Waals surface area (Å²) in [4.78, 5) is 27.4. The van der Waals surface area contributed by atoms with E-state index in [0.717, 1.165) is 103 Å². The van der Waals surface area contributed by atoms with E-state index in [1.165, 1.54) is 12.1 Å². The van der Waals surface area contributed by atoms with Crippen LogP contribution in [0.2, 0.25) is 0 Å². The summed E-state index contributed by atoms with van der Waals surface area (Å²) in [6, 6.07) is 22.4. The van der Waals surface area contributed by atoms with Gasteiger partial charge in [0, 0.05) is 63.6 Å². The fraction of sp³-hybridized carbons (Fsp3) is 0.412. The predicted molar refractivity (Wildman–Crippen MR) is 247 cm³/mol. The predicted octanol–water partition coefficient (Wildman–Crippen LogP) is 9.08. The first-order valence-corrected chi connectivity index (χ1v) is 22.4. The molecule has 2 fully saturated rings. The second kappa shape index (κ2) is 22.4. The Balaban J connectivity index is 0.000000194. The van der Waals surface area contributed by atoms with Gasteiger partial charge in [-0.1, -0.05) is 35.9 Å². The number of hydrogen-bond acceptors (Lipinski definition) is 8. The monoisotopic (exact) mass is 894 g/mol. The summed E-state index contributed by atoms with van der Waals surface area (Å²) in [5.41, 5.74) is 5.28. The molecule has 0 saturated carbocycles. The van der Waals surface area contributed by atoms with Gasteiger partial charge < -0.3 is 38.3 Å². The fourth-order valence-electron chi connectivity index (χ4n) is 9.26. The lowest BCUT2D eigenvalue weighted by atomic mass is 9.89. The first-order valence-electron chi connectivity index (χ1n) is 22.4. The van der Waals surface area contributed by atoms with Crippen LogP contribution in [0.25, 0.3) is 21.8 Å². The third-order valence-corrected chi connectivity index (χ3v) is 12.7. The highest BCUT2D eigenvalue weighted by atomic mass is 19.1. The molecular formula is C51H60F2N4O8. The lowest BCUT2D eigenvalue weighted by Gasteiger charge is -2.31. The van der Waals surface area contributed by atoms with E-state index in [4.69, 9.17) is 18.9 Å². The van der Waals surface area contributed by atoms with Crippen LogP contribution in [0.1, 0.15) is 74.9 Å². The van der Waals surface area contributed by atoms with Crippen molar-refractivity contribution in [3.63, 3.8) is 0 Å². The minimum atomic E-state index is -0.988. The van der Waals surface area contributed by atoms with Crippen LogP contribution in [0, 0.1) is 18.6 Å². The summed E-state index contributed by atoms with van der Waals surface area (Å²) in [7, 11) is 3.35. The van der Waals surface area contributed by atoms with Gasteiger partial charge in [0.2, 0.25) is 0 Å². The minimum Gasteiger partial charge on any atom is -0.491 e. The summed E-state index contributed by atoms with van der Waals surface area (Å²) < 4.78 is 55.6. The van der Waals surface area contributed by atoms with Crippen LogP contribution >= 0.6 is 0 Å². The number of nitrogens with zero attached hydrogens (tertiary/aromatic N) is 4. The van der Waals surface area contributed by atoms with E-state index in [0.29, 0.717) is 62.9 Å². The first kappa shape index (κ1) is 47.2. The molecule has 2 saturated heterocycles. The maximum atomic E-state index is 14.7. The summed E-state index contributed by atoms with van der Waals surface area (Å²) >= 11 is 0. The summed E-state index contributed by atoms with van der Waals surface area (Å²) in [5, 5.41) is 20.1. The number of fused-ring (bicyclic) bond motifs is 2. The van der Waals surface area contributed by atoms with Crippen LogP contribution in [-0.4, -0.2) is 121 Å². The Morgan fingerprint density at radius 3 is 1.51 bits per heavy atom. The number of carboxylic acids is 2. The molecule has 2 aromatic heterocycles.